The Bertz CT molecular complexity index is 134. The van der Waals surface area contributed by atoms with Gasteiger partial charge >= 0.3 is 0 Å². The van der Waals surface area contributed by atoms with Gasteiger partial charge in [-0.2, -0.15) is 0 Å². The zero-order valence-corrected chi connectivity index (χ0v) is 8.55. The molecule has 0 heterocycles. The van der Waals surface area contributed by atoms with Crippen LogP contribution < -0.4 is 0 Å². The van der Waals surface area contributed by atoms with Crippen molar-refractivity contribution < 1.29 is 0 Å². The van der Waals surface area contributed by atoms with Crippen LogP contribution >= 0.6 is 0 Å². The lowest BCUT2D eigenvalue weighted by Gasteiger charge is -2.25. The van der Waals surface area contributed by atoms with E-state index in [0.717, 1.165) is 23.7 Å². The molecule has 2 rings (SSSR count). The summed E-state index contributed by atoms with van der Waals surface area (Å²) in [6.45, 7) is 4.97. The SMILES string of the molecule is CC1CCCC(C)C2CCCC12. The first-order valence-electron chi connectivity index (χ1n) is 5.79. The Morgan fingerprint density at radius 3 is 1.58 bits per heavy atom. The topological polar surface area (TPSA) is 0 Å². The zero-order chi connectivity index (χ0) is 8.55. The van der Waals surface area contributed by atoms with E-state index >= 15 is 0 Å². The maximum Gasteiger partial charge on any atom is -0.0358 e. The molecule has 12 heavy (non-hydrogen) atoms. The van der Waals surface area contributed by atoms with Crippen LogP contribution in [0.25, 0.3) is 0 Å². The normalized spacial score (nSPS) is 48.5. The van der Waals surface area contributed by atoms with Crippen molar-refractivity contribution >= 4 is 0 Å². The lowest BCUT2D eigenvalue weighted by Crippen LogP contribution is -2.18. The highest BCUT2D eigenvalue weighted by Gasteiger charge is 2.36. The third-order valence-electron chi connectivity index (χ3n) is 4.41. The van der Waals surface area contributed by atoms with Gasteiger partial charge in [0.05, 0.1) is 0 Å². The van der Waals surface area contributed by atoms with Gasteiger partial charge < -0.3 is 0 Å². The average molecular weight is 166 g/mol. The van der Waals surface area contributed by atoms with Gasteiger partial charge in [0.25, 0.3) is 0 Å². The van der Waals surface area contributed by atoms with E-state index in [1.54, 1.807) is 0 Å². The summed E-state index contributed by atoms with van der Waals surface area (Å²) in [7, 11) is 0. The van der Waals surface area contributed by atoms with Gasteiger partial charge in [-0.3, -0.25) is 0 Å². The lowest BCUT2D eigenvalue weighted by molar-refractivity contribution is 0.235. The smallest absolute Gasteiger partial charge is 0.0358 e. The van der Waals surface area contributed by atoms with Crippen molar-refractivity contribution in [3.63, 3.8) is 0 Å². The Balaban J connectivity index is 2.09. The molecular weight excluding hydrogens is 144 g/mol. The van der Waals surface area contributed by atoms with Crippen LogP contribution in [0.4, 0.5) is 0 Å². The van der Waals surface area contributed by atoms with Gasteiger partial charge in [0.2, 0.25) is 0 Å². The molecule has 2 saturated carbocycles. The van der Waals surface area contributed by atoms with Gasteiger partial charge in [-0.1, -0.05) is 39.5 Å². The van der Waals surface area contributed by atoms with Crippen molar-refractivity contribution in [1.29, 1.82) is 0 Å². The molecule has 2 aliphatic rings. The molecule has 0 aliphatic heterocycles. The van der Waals surface area contributed by atoms with E-state index in [9.17, 15) is 0 Å². The second-order valence-electron chi connectivity index (χ2n) is 5.14. The van der Waals surface area contributed by atoms with Crippen molar-refractivity contribution in [2.45, 2.75) is 52.4 Å². The predicted molar refractivity (Wildman–Crippen MR) is 53.0 cm³/mol. The van der Waals surface area contributed by atoms with Crippen LogP contribution in [0.15, 0.2) is 0 Å². The minimum atomic E-state index is 1.03. The largest absolute Gasteiger partial charge is 0.0622 e. The number of fused-ring (bicyclic) bond motifs is 1. The van der Waals surface area contributed by atoms with Crippen molar-refractivity contribution in [2.24, 2.45) is 23.7 Å². The molecule has 0 aromatic carbocycles. The van der Waals surface area contributed by atoms with Crippen LogP contribution in [0.2, 0.25) is 0 Å². The molecule has 2 fully saturated rings. The summed E-state index contributed by atoms with van der Waals surface area (Å²) >= 11 is 0. The van der Waals surface area contributed by atoms with Crippen LogP contribution in [-0.4, -0.2) is 0 Å². The molecule has 0 radical (unpaired) electrons. The van der Waals surface area contributed by atoms with Crippen LogP contribution in [0, 0.1) is 23.7 Å². The second-order valence-corrected chi connectivity index (χ2v) is 5.14. The summed E-state index contributed by atoms with van der Waals surface area (Å²) in [6.07, 6.45) is 9.10. The molecule has 2 aliphatic carbocycles. The van der Waals surface area contributed by atoms with E-state index < -0.39 is 0 Å². The Kier molecular flexibility index (Phi) is 2.43. The molecule has 0 saturated heterocycles. The van der Waals surface area contributed by atoms with Gasteiger partial charge in [0, 0.05) is 0 Å². The van der Waals surface area contributed by atoms with Crippen LogP contribution in [0.1, 0.15) is 52.4 Å². The van der Waals surface area contributed by atoms with Crippen molar-refractivity contribution in [2.75, 3.05) is 0 Å². The minimum Gasteiger partial charge on any atom is -0.0622 e. The molecule has 4 unspecified atom stereocenters. The Hall–Kier alpha value is 0. The molecule has 0 aromatic heterocycles. The van der Waals surface area contributed by atoms with E-state index in [4.69, 9.17) is 0 Å². The summed E-state index contributed by atoms with van der Waals surface area (Å²) in [5.74, 6) is 4.26. The Morgan fingerprint density at radius 2 is 1.08 bits per heavy atom. The molecule has 0 bridgehead atoms. The lowest BCUT2D eigenvalue weighted by atomic mass is 9.80. The fourth-order valence-corrected chi connectivity index (χ4v) is 3.62. The Morgan fingerprint density at radius 1 is 0.667 bits per heavy atom. The quantitative estimate of drug-likeness (QED) is 0.512. The van der Waals surface area contributed by atoms with Gasteiger partial charge in [0.1, 0.15) is 0 Å². The first kappa shape index (κ1) is 8.59. The third-order valence-corrected chi connectivity index (χ3v) is 4.41. The summed E-state index contributed by atoms with van der Waals surface area (Å²) in [5.41, 5.74) is 0. The highest BCUT2D eigenvalue weighted by atomic mass is 14.4. The summed E-state index contributed by atoms with van der Waals surface area (Å²) in [6, 6.07) is 0. The first-order valence-corrected chi connectivity index (χ1v) is 5.79. The standard InChI is InChI=1S/C12H22/c1-9-5-3-6-10(2)12-8-4-7-11(9)12/h9-12H,3-8H2,1-2H3. The highest BCUT2D eigenvalue weighted by Crippen LogP contribution is 2.46. The van der Waals surface area contributed by atoms with Crippen LogP contribution in [0.5, 0.6) is 0 Å². The van der Waals surface area contributed by atoms with E-state index in [1.807, 2.05) is 0 Å². The maximum atomic E-state index is 2.49. The zero-order valence-electron chi connectivity index (χ0n) is 8.55. The van der Waals surface area contributed by atoms with E-state index in [1.165, 1.54) is 38.5 Å². The first-order chi connectivity index (χ1) is 5.79. The second kappa shape index (κ2) is 3.40. The molecule has 0 nitrogen and oxygen atoms in total. The number of hydrogen-bond acceptors (Lipinski definition) is 0. The monoisotopic (exact) mass is 166 g/mol. The molecule has 0 amide bonds. The third kappa shape index (κ3) is 1.41. The van der Waals surface area contributed by atoms with Gasteiger partial charge in [-0.05, 0) is 36.5 Å². The predicted octanol–water partition coefficient (Wildman–Crippen LogP) is 3.86. The molecule has 0 N–H and O–H groups in total. The van der Waals surface area contributed by atoms with Gasteiger partial charge in [-0.25, -0.2) is 0 Å². The fraction of sp³-hybridized carbons (Fsp3) is 1.00. The van der Waals surface area contributed by atoms with Crippen molar-refractivity contribution in [3.8, 4) is 0 Å². The molecular formula is C12H22. The van der Waals surface area contributed by atoms with Crippen LogP contribution in [0.3, 0.4) is 0 Å². The fourth-order valence-electron chi connectivity index (χ4n) is 3.62. The van der Waals surface area contributed by atoms with Gasteiger partial charge in [0.15, 0.2) is 0 Å². The minimum absolute atomic E-state index is 1.03. The molecule has 70 valence electrons. The van der Waals surface area contributed by atoms with Gasteiger partial charge in [-0.15, -0.1) is 0 Å². The average Bonchev–Trinajstić information content (AvgIpc) is 2.47. The van der Waals surface area contributed by atoms with Crippen LogP contribution in [-0.2, 0) is 0 Å². The molecule has 4 atom stereocenters. The van der Waals surface area contributed by atoms with E-state index in [2.05, 4.69) is 13.8 Å². The summed E-state index contributed by atoms with van der Waals surface area (Å²) in [5, 5.41) is 0. The van der Waals surface area contributed by atoms with Crippen molar-refractivity contribution in [3.05, 3.63) is 0 Å². The maximum absolute atomic E-state index is 2.49. The van der Waals surface area contributed by atoms with E-state index in [0.29, 0.717) is 0 Å². The summed E-state index contributed by atoms with van der Waals surface area (Å²) in [4.78, 5) is 0. The Labute approximate surface area is 76.7 Å². The summed E-state index contributed by atoms with van der Waals surface area (Å²) < 4.78 is 0. The molecule has 0 spiro atoms. The van der Waals surface area contributed by atoms with E-state index in [-0.39, 0.29) is 0 Å². The number of rotatable bonds is 0. The highest BCUT2D eigenvalue weighted by molar-refractivity contribution is 4.86. The number of hydrogen-bond donors (Lipinski definition) is 0. The molecule has 0 aromatic rings. The van der Waals surface area contributed by atoms with Crippen molar-refractivity contribution in [1.82, 2.24) is 0 Å². The molecule has 0 heteroatoms.